The smallest absolute Gasteiger partial charge is 0.320 e. The van der Waals surface area contributed by atoms with Gasteiger partial charge in [0.05, 0.1) is 13.2 Å². The zero-order chi connectivity index (χ0) is 14.1. The number of hydrogen-bond donors (Lipinski definition) is 0. The molecule has 1 aromatic rings. The van der Waals surface area contributed by atoms with Gasteiger partial charge < -0.3 is 9.47 Å². The van der Waals surface area contributed by atoms with Crippen molar-refractivity contribution in [3.8, 4) is 0 Å². The Morgan fingerprint density at radius 1 is 1.05 bits per heavy atom. The maximum atomic E-state index is 11.8. The zero-order valence-corrected chi connectivity index (χ0v) is 11.4. The van der Waals surface area contributed by atoms with Gasteiger partial charge in [0, 0.05) is 6.42 Å². The van der Waals surface area contributed by atoms with Crippen LogP contribution in [0.5, 0.6) is 0 Å². The van der Waals surface area contributed by atoms with Crippen molar-refractivity contribution in [1.82, 2.24) is 0 Å². The summed E-state index contributed by atoms with van der Waals surface area (Å²) >= 11 is 0. The molecule has 0 N–H and O–H groups in total. The van der Waals surface area contributed by atoms with E-state index in [9.17, 15) is 9.59 Å². The average Bonchev–Trinajstić information content (AvgIpc) is 2.41. The minimum Gasteiger partial charge on any atom is -0.465 e. The topological polar surface area (TPSA) is 52.6 Å². The lowest BCUT2D eigenvalue weighted by Crippen LogP contribution is -2.28. The molecule has 0 amide bonds. The third-order valence-corrected chi connectivity index (χ3v) is 2.74. The Balaban J connectivity index is 2.39. The molecule has 0 saturated carbocycles. The first-order valence-corrected chi connectivity index (χ1v) is 6.56. The van der Waals surface area contributed by atoms with Gasteiger partial charge in [-0.05, 0) is 18.9 Å². The number of hydrogen-bond acceptors (Lipinski definition) is 4. The van der Waals surface area contributed by atoms with Crippen LogP contribution in [0.15, 0.2) is 30.3 Å². The molecule has 104 valence electrons. The van der Waals surface area contributed by atoms with Crippen molar-refractivity contribution < 1.29 is 19.1 Å². The highest BCUT2D eigenvalue weighted by Gasteiger charge is 2.27. The molecule has 19 heavy (non-hydrogen) atoms. The summed E-state index contributed by atoms with van der Waals surface area (Å²) in [4.78, 5) is 23.3. The Bertz CT molecular complexity index is 400. The van der Waals surface area contributed by atoms with E-state index in [2.05, 4.69) is 0 Å². The summed E-state index contributed by atoms with van der Waals surface area (Å²) in [6, 6.07) is 9.74. The van der Waals surface area contributed by atoms with Crippen molar-refractivity contribution in [2.45, 2.75) is 26.7 Å². The normalized spacial score (nSPS) is 11.7. The van der Waals surface area contributed by atoms with Gasteiger partial charge in [0.25, 0.3) is 0 Å². The first-order valence-electron chi connectivity index (χ1n) is 6.56. The molecule has 0 aromatic heterocycles. The van der Waals surface area contributed by atoms with Crippen LogP contribution in [0.4, 0.5) is 0 Å². The summed E-state index contributed by atoms with van der Waals surface area (Å²) in [5.74, 6) is -1.82. The fraction of sp³-hybridized carbons (Fsp3) is 0.467. The molecule has 0 fully saturated rings. The van der Waals surface area contributed by atoms with Crippen molar-refractivity contribution in [2.24, 2.45) is 5.92 Å². The lowest BCUT2D eigenvalue weighted by atomic mass is 10.1. The second kappa shape index (κ2) is 8.29. The zero-order valence-electron chi connectivity index (χ0n) is 11.4. The first-order chi connectivity index (χ1) is 9.19. The summed E-state index contributed by atoms with van der Waals surface area (Å²) in [5.41, 5.74) is 1.10. The van der Waals surface area contributed by atoms with Crippen LogP contribution in [-0.4, -0.2) is 25.2 Å². The second-order valence-corrected chi connectivity index (χ2v) is 4.12. The molecule has 0 aliphatic heterocycles. The molecule has 0 saturated heterocycles. The van der Waals surface area contributed by atoms with Crippen LogP contribution in [0.1, 0.15) is 25.8 Å². The third kappa shape index (κ3) is 5.12. The predicted molar refractivity (Wildman–Crippen MR) is 71.5 cm³/mol. The van der Waals surface area contributed by atoms with E-state index >= 15 is 0 Å². The fourth-order valence-corrected chi connectivity index (χ4v) is 1.69. The van der Waals surface area contributed by atoms with Gasteiger partial charge in [0.15, 0.2) is 5.92 Å². The van der Waals surface area contributed by atoms with Crippen LogP contribution in [-0.2, 0) is 25.5 Å². The molecule has 0 aliphatic carbocycles. The number of rotatable bonds is 7. The van der Waals surface area contributed by atoms with Gasteiger partial charge in [-0.15, -0.1) is 0 Å². The summed E-state index contributed by atoms with van der Waals surface area (Å²) in [5, 5.41) is 0. The number of esters is 2. The molecule has 1 unspecified atom stereocenters. The van der Waals surface area contributed by atoms with Gasteiger partial charge >= 0.3 is 11.9 Å². The molecule has 4 heteroatoms. The van der Waals surface area contributed by atoms with E-state index < -0.39 is 17.9 Å². The van der Waals surface area contributed by atoms with Crippen LogP contribution < -0.4 is 0 Å². The van der Waals surface area contributed by atoms with Crippen LogP contribution in [0.3, 0.4) is 0 Å². The first kappa shape index (κ1) is 15.2. The second-order valence-electron chi connectivity index (χ2n) is 4.12. The van der Waals surface area contributed by atoms with Crippen LogP contribution >= 0.6 is 0 Å². The SMILES string of the molecule is CCOC(=O)C(CC)C(=O)OCCc1ccccc1. The Kier molecular flexibility index (Phi) is 6.64. The molecule has 0 heterocycles. The fourth-order valence-electron chi connectivity index (χ4n) is 1.69. The van der Waals surface area contributed by atoms with E-state index in [1.165, 1.54) is 0 Å². The van der Waals surface area contributed by atoms with E-state index in [-0.39, 0.29) is 13.2 Å². The molecule has 0 bridgehead atoms. The van der Waals surface area contributed by atoms with Crippen LogP contribution in [0, 0.1) is 5.92 Å². The van der Waals surface area contributed by atoms with Crippen molar-refractivity contribution in [2.75, 3.05) is 13.2 Å². The quantitative estimate of drug-likeness (QED) is 0.560. The molecule has 1 rings (SSSR count). The summed E-state index contributed by atoms with van der Waals surface area (Å²) in [6.07, 6.45) is 1.04. The Hall–Kier alpha value is -1.84. The number of benzene rings is 1. The molecule has 0 radical (unpaired) electrons. The lowest BCUT2D eigenvalue weighted by molar-refractivity contribution is -0.161. The summed E-state index contributed by atoms with van der Waals surface area (Å²) < 4.78 is 9.97. The van der Waals surface area contributed by atoms with E-state index in [1.807, 2.05) is 30.3 Å². The average molecular weight is 264 g/mol. The largest absolute Gasteiger partial charge is 0.465 e. The minimum absolute atomic E-state index is 0.270. The van der Waals surface area contributed by atoms with Gasteiger partial charge in [-0.3, -0.25) is 9.59 Å². The molecule has 0 aliphatic rings. The Morgan fingerprint density at radius 2 is 1.68 bits per heavy atom. The molecular formula is C15H20O4. The molecule has 0 spiro atoms. The van der Waals surface area contributed by atoms with Gasteiger partial charge in [-0.1, -0.05) is 37.3 Å². The molecular weight excluding hydrogens is 244 g/mol. The highest BCUT2D eigenvalue weighted by Crippen LogP contribution is 2.09. The summed E-state index contributed by atoms with van der Waals surface area (Å²) in [6.45, 7) is 4.02. The number of carbonyl (C=O) groups is 2. The molecule has 4 nitrogen and oxygen atoms in total. The lowest BCUT2D eigenvalue weighted by Gasteiger charge is -2.12. The van der Waals surface area contributed by atoms with E-state index in [1.54, 1.807) is 13.8 Å². The molecule has 1 atom stereocenters. The maximum absolute atomic E-state index is 11.8. The van der Waals surface area contributed by atoms with Gasteiger partial charge in [-0.2, -0.15) is 0 Å². The summed E-state index contributed by atoms with van der Waals surface area (Å²) in [7, 11) is 0. The standard InChI is InChI=1S/C15H20O4/c1-3-13(14(16)18-4-2)15(17)19-11-10-12-8-6-5-7-9-12/h5-9,13H,3-4,10-11H2,1-2H3. The van der Waals surface area contributed by atoms with Crippen molar-refractivity contribution in [3.05, 3.63) is 35.9 Å². The van der Waals surface area contributed by atoms with E-state index in [0.29, 0.717) is 12.8 Å². The van der Waals surface area contributed by atoms with Crippen molar-refractivity contribution >= 4 is 11.9 Å². The van der Waals surface area contributed by atoms with Gasteiger partial charge in [-0.25, -0.2) is 0 Å². The van der Waals surface area contributed by atoms with E-state index in [4.69, 9.17) is 9.47 Å². The number of ether oxygens (including phenoxy) is 2. The van der Waals surface area contributed by atoms with Crippen molar-refractivity contribution in [3.63, 3.8) is 0 Å². The maximum Gasteiger partial charge on any atom is 0.320 e. The minimum atomic E-state index is -0.810. The monoisotopic (exact) mass is 264 g/mol. The predicted octanol–water partition coefficient (Wildman–Crippen LogP) is 2.36. The number of carbonyl (C=O) groups excluding carboxylic acids is 2. The molecule has 1 aromatic carbocycles. The van der Waals surface area contributed by atoms with Crippen LogP contribution in [0.25, 0.3) is 0 Å². The van der Waals surface area contributed by atoms with Gasteiger partial charge in [0.1, 0.15) is 0 Å². The van der Waals surface area contributed by atoms with Crippen LogP contribution in [0.2, 0.25) is 0 Å². The third-order valence-electron chi connectivity index (χ3n) is 2.74. The van der Waals surface area contributed by atoms with Gasteiger partial charge in [0.2, 0.25) is 0 Å². The van der Waals surface area contributed by atoms with E-state index in [0.717, 1.165) is 5.56 Å². The van der Waals surface area contributed by atoms with Crippen molar-refractivity contribution in [1.29, 1.82) is 0 Å². The Labute approximate surface area is 113 Å². The Morgan fingerprint density at radius 3 is 2.26 bits per heavy atom. The highest BCUT2D eigenvalue weighted by molar-refractivity contribution is 5.94. The highest BCUT2D eigenvalue weighted by atomic mass is 16.6.